The fourth-order valence-corrected chi connectivity index (χ4v) is 3.14. The average molecular weight is 351 g/mol. The first kappa shape index (κ1) is 18.0. The van der Waals surface area contributed by atoms with Crippen LogP contribution in [0.3, 0.4) is 0 Å². The van der Waals surface area contributed by atoms with Crippen molar-refractivity contribution in [2.45, 2.75) is 39.3 Å². The first-order chi connectivity index (χ1) is 12.5. The number of benzene rings is 1. The Labute approximate surface area is 154 Å². The van der Waals surface area contributed by atoms with Gasteiger partial charge in [-0.2, -0.15) is 5.10 Å². The molecule has 0 spiro atoms. The maximum Gasteiger partial charge on any atom is 0.272 e. The van der Waals surface area contributed by atoms with Gasteiger partial charge in [-0.25, -0.2) is 0 Å². The minimum atomic E-state index is -0.00476. The Hall–Kier alpha value is -2.82. The van der Waals surface area contributed by atoms with Gasteiger partial charge >= 0.3 is 0 Å². The minimum Gasteiger partial charge on any atom is -0.472 e. The van der Waals surface area contributed by atoms with E-state index in [1.54, 1.807) is 17.2 Å². The van der Waals surface area contributed by atoms with E-state index < -0.39 is 0 Å². The third kappa shape index (κ3) is 4.23. The van der Waals surface area contributed by atoms with Crippen LogP contribution in [0.5, 0.6) is 0 Å². The number of carbonyl (C=O) groups is 1. The maximum atomic E-state index is 13.2. The van der Waals surface area contributed by atoms with Gasteiger partial charge in [-0.05, 0) is 44.4 Å². The molecule has 3 aromatic rings. The van der Waals surface area contributed by atoms with Crippen molar-refractivity contribution < 1.29 is 9.21 Å². The molecule has 0 aliphatic rings. The van der Waals surface area contributed by atoms with E-state index in [1.807, 2.05) is 49.2 Å². The van der Waals surface area contributed by atoms with Crippen molar-refractivity contribution in [3.63, 3.8) is 0 Å². The molecule has 0 radical (unpaired) electrons. The summed E-state index contributed by atoms with van der Waals surface area (Å²) in [5.74, 6) is -0.00476. The molecule has 0 N–H and O–H groups in total. The van der Waals surface area contributed by atoms with E-state index >= 15 is 0 Å². The summed E-state index contributed by atoms with van der Waals surface area (Å²) in [6.45, 7) is 4.52. The van der Waals surface area contributed by atoms with Crippen LogP contribution in [0.15, 0.2) is 59.4 Å². The van der Waals surface area contributed by atoms with Crippen LogP contribution in [0.4, 0.5) is 0 Å². The van der Waals surface area contributed by atoms with Crippen LogP contribution in [0.2, 0.25) is 0 Å². The number of rotatable bonds is 7. The third-order valence-electron chi connectivity index (χ3n) is 4.64. The molecule has 0 fully saturated rings. The quantitative estimate of drug-likeness (QED) is 0.647. The van der Waals surface area contributed by atoms with E-state index in [2.05, 4.69) is 24.2 Å². The van der Waals surface area contributed by atoms with Crippen molar-refractivity contribution in [1.82, 2.24) is 14.7 Å². The number of furan rings is 1. The molecule has 5 nitrogen and oxygen atoms in total. The summed E-state index contributed by atoms with van der Waals surface area (Å²) in [6.07, 6.45) is 5.16. The fraction of sp³-hybridized carbons (Fsp3) is 0.333. The lowest BCUT2D eigenvalue weighted by Gasteiger charge is -2.29. The summed E-state index contributed by atoms with van der Waals surface area (Å²) in [7, 11) is 1.81. The number of nitrogens with zero attached hydrogens (tertiary/aromatic N) is 3. The van der Waals surface area contributed by atoms with Crippen molar-refractivity contribution >= 4 is 5.91 Å². The van der Waals surface area contributed by atoms with Crippen molar-refractivity contribution in [1.29, 1.82) is 0 Å². The van der Waals surface area contributed by atoms with Crippen LogP contribution < -0.4 is 0 Å². The van der Waals surface area contributed by atoms with E-state index in [1.165, 1.54) is 5.56 Å². The molecule has 0 aliphatic carbocycles. The zero-order valence-electron chi connectivity index (χ0n) is 15.6. The molecule has 0 aliphatic heterocycles. The molecule has 1 atom stereocenters. The number of hydrogen-bond donors (Lipinski definition) is 0. The predicted octanol–water partition coefficient (Wildman–Crippen LogP) is 3.99. The standard InChI is InChI=1S/C21H25N3O2/c1-16-13-20(23(3)22-16)21(25)24(14-19-11-12-26-15-19)17(2)9-10-18-7-5-4-6-8-18/h4-8,11-13,15,17H,9-10,14H2,1-3H3. The minimum absolute atomic E-state index is 0.00476. The number of hydrogen-bond acceptors (Lipinski definition) is 3. The van der Waals surface area contributed by atoms with Gasteiger partial charge in [0.05, 0.1) is 18.2 Å². The van der Waals surface area contributed by atoms with E-state index in [0.29, 0.717) is 12.2 Å². The van der Waals surface area contributed by atoms with E-state index in [0.717, 1.165) is 24.1 Å². The van der Waals surface area contributed by atoms with Crippen LogP contribution in [0, 0.1) is 6.92 Å². The second kappa shape index (κ2) is 8.04. The number of aromatic nitrogens is 2. The second-order valence-electron chi connectivity index (χ2n) is 6.73. The Balaban J connectivity index is 1.78. The molecule has 3 rings (SSSR count). The van der Waals surface area contributed by atoms with E-state index in [9.17, 15) is 4.79 Å². The molecule has 1 amide bonds. The first-order valence-corrected chi connectivity index (χ1v) is 8.91. The van der Waals surface area contributed by atoms with Crippen LogP contribution in [-0.4, -0.2) is 26.6 Å². The Morgan fingerprint density at radius 2 is 2.00 bits per heavy atom. The lowest BCUT2D eigenvalue weighted by molar-refractivity contribution is 0.0655. The van der Waals surface area contributed by atoms with Gasteiger partial charge in [0.25, 0.3) is 5.91 Å². The maximum absolute atomic E-state index is 13.2. The highest BCUT2D eigenvalue weighted by Crippen LogP contribution is 2.18. The number of amides is 1. The summed E-state index contributed by atoms with van der Waals surface area (Å²) >= 11 is 0. The van der Waals surface area contributed by atoms with Gasteiger partial charge in [-0.3, -0.25) is 9.48 Å². The summed E-state index contributed by atoms with van der Waals surface area (Å²) < 4.78 is 6.84. The van der Waals surface area contributed by atoms with Gasteiger partial charge in [-0.1, -0.05) is 30.3 Å². The molecule has 0 saturated heterocycles. The first-order valence-electron chi connectivity index (χ1n) is 8.91. The van der Waals surface area contributed by atoms with Gasteiger partial charge in [0.2, 0.25) is 0 Å². The van der Waals surface area contributed by atoms with Crippen molar-refractivity contribution in [3.8, 4) is 0 Å². The summed E-state index contributed by atoms with van der Waals surface area (Å²) in [5, 5.41) is 4.32. The molecule has 0 saturated carbocycles. The van der Waals surface area contributed by atoms with Gasteiger partial charge in [0.1, 0.15) is 5.69 Å². The van der Waals surface area contributed by atoms with Crippen LogP contribution in [0.25, 0.3) is 0 Å². The van der Waals surface area contributed by atoms with Crippen molar-refractivity contribution in [2.24, 2.45) is 7.05 Å². The topological polar surface area (TPSA) is 51.3 Å². The monoisotopic (exact) mass is 351 g/mol. The summed E-state index contributed by atoms with van der Waals surface area (Å²) in [5.41, 5.74) is 3.73. The van der Waals surface area contributed by atoms with E-state index in [4.69, 9.17) is 4.42 Å². The van der Waals surface area contributed by atoms with Gasteiger partial charge in [-0.15, -0.1) is 0 Å². The lowest BCUT2D eigenvalue weighted by Crippen LogP contribution is -2.39. The molecular weight excluding hydrogens is 326 g/mol. The number of aryl methyl sites for hydroxylation is 3. The molecule has 0 bridgehead atoms. The molecule has 1 aromatic carbocycles. The zero-order chi connectivity index (χ0) is 18.5. The predicted molar refractivity (Wildman–Crippen MR) is 101 cm³/mol. The van der Waals surface area contributed by atoms with Crippen LogP contribution in [-0.2, 0) is 20.0 Å². The van der Waals surface area contributed by atoms with Gasteiger partial charge in [0, 0.05) is 25.2 Å². The zero-order valence-corrected chi connectivity index (χ0v) is 15.6. The fourth-order valence-electron chi connectivity index (χ4n) is 3.14. The molecule has 1 unspecified atom stereocenters. The molecule has 136 valence electrons. The van der Waals surface area contributed by atoms with Gasteiger partial charge in [0.15, 0.2) is 0 Å². The van der Waals surface area contributed by atoms with Crippen molar-refractivity contribution in [3.05, 3.63) is 77.5 Å². The van der Waals surface area contributed by atoms with Crippen LogP contribution >= 0.6 is 0 Å². The summed E-state index contributed by atoms with van der Waals surface area (Å²) in [4.78, 5) is 15.1. The molecular formula is C21H25N3O2. The highest BCUT2D eigenvalue weighted by Gasteiger charge is 2.24. The normalized spacial score (nSPS) is 12.1. The summed E-state index contributed by atoms with van der Waals surface area (Å²) in [6, 6.07) is 14.2. The Morgan fingerprint density at radius 3 is 2.62 bits per heavy atom. The highest BCUT2D eigenvalue weighted by atomic mass is 16.3. The molecule has 2 heterocycles. The lowest BCUT2D eigenvalue weighted by atomic mass is 10.0. The molecule has 5 heteroatoms. The molecule has 26 heavy (non-hydrogen) atoms. The largest absolute Gasteiger partial charge is 0.472 e. The third-order valence-corrected chi connectivity index (χ3v) is 4.64. The Kier molecular flexibility index (Phi) is 5.56. The number of carbonyl (C=O) groups excluding carboxylic acids is 1. The Morgan fingerprint density at radius 1 is 1.23 bits per heavy atom. The van der Waals surface area contributed by atoms with Crippen LogP contribution in [0.1, 0.15) is 40.7 Å². The molecule has 2 aromatic heterocycles. The smallest absolute Gasteiger partial charge is 0.272 e. The highest BCUT2D eigenvalue weighted by molar-refractivity contribution is 5.92. The van der Waals surface area contributed by atoms with E-state index in [-0.39, 0.29) is 11.9 Å². The second-order valence-corrected chi connectivity index (χ2v) is 6.73. The SMILES string of the molecule is Cc1cc(C(=O)N(Cc2ccoc2)C(C)CCc2ccccc2)n(C)n1. The Bertz CT molecular complexity index is 838. The van der Waals surface area contributed by atoms with Crippen molar-refractivity contribution in [2.75, 3.05) is 0 Å². The average Bonchev–Trinajstić information content (AvgIpc) is 3.27. The van der Waals surface area contributed by atoms with Gasteiger partial charge < -0.3 is 9.32 Å².